The van der Waals surface area contributed by atoms with Crippen molar-refractivity contribution in [3.05, 3.63) is 102 Å². The second kappa shape index (κ2) is 12.9. The van der Waals surface area contributed by atoms with Crippen molar-refractivity contribution in [2.45, 2.75) is 28.5 Å². The number of aryl methyl sites for hydroxylation is 2. The van der Waals surface area contributed by atoms with Crippen molar-refractivity contribution in [3.8, 4) is 5.75 Å². The Morgan fingerprint density at radius 2 is 1.40 bits per heavy atom. The van der Waals surface area contributed by atoms with Gasteiger partial charge in [-0.1, -0.05) is 23.8 Å². The van der Waals surface area contributed by atoms with Crippen LogP contribution >= 0.6 is 11.8 Å². The lowest BCUT2D eigenvalue weighted by Crippen LogP contribution is -2.38. The van der Waals surface area contributed by atoms with Gasteiger partial charge in [-0.05, 0) is 98.5 Å². The van der Waals surface area contributed by atoms with Gasteiger partial charge in [0.15, 0.2) is 0 Å². The number of ether oxygens (including phenoxy) is 1. The fourth-order valence-corrected chi connectivity index (χ4v) is 6.95. The summed E-state index contributed by atoms with van der Waals surface area (Å²) in [7, 11) is -6.58. The molecule has 0 bridgehead atoms. The maximum absolute atomic E-state index is 13.6. The number of amides is 1. The topological polar surface area (TPSA) is 122 Å². The van der Waals surface area contributed by atoms with E-state index in [1.807, 2.05) is 20.1 Å². The van der Waals surface area contributed by atoms with E-state index in [-0.39, 0.29) is 9.79 Å². The number of rotatable bonds is 11. The van der Waals surface area contributed by atoms with Gasteiger partial charge in [0.05, 0.1) is 28.3 Å². The van der Waals surface area contributed by atoms with Crippen LogP contribution in [0.4, 0.5) is 17.1 Å². The minimum Gasteiger partial charge on any atom is -0.495 e. The van der Waals surface area contributed by atoms with E-state index < -0.39 is 32.5 Å². The number of sulfonamides is 2. The quantitative estimate of drug-likeness (QED) is 0.206. The molecule has 2 N–H and O–H groups in total. The number of thioether (sulfide) groups is 1. The number of anilines is 3. The van der Waals surface area contributed by atoms with Gasteiger partial charge in [-0.3, -0.25) is 13.8 Å². The summed E-state index contributed by atoms with van der Waals surface area (Å²) in [5.41, 5.74) is 2.73. The number of nitrogens with one attached hydrogen (secondary N) is 2. The maximum Gasteiger partial charge on any atom is 0.264 e. The van der Waals surface area contributed by atoms with Crippen molar-refractivity contribution in [2.75, 3.05) is 34.3 Å². The van der Waals surface area contributed by atoms with Crippen LogP contribution in [0, 0.1) is 13.8 Å². The van der Waals surface area contributed by atoms with Gasteiger partial charge in [-0.2, -0.15) is 0 Å². The molecule has 4 aromatic rings. The van der Waals surface area contributed by atoms with Crippen LogP contribution in [-0.4, -0.2) is 42.7 Å². The molecule has 12 heteroatoms. The molecule has 0 atom stereocenters. The van der Waals surface area contributed by atoms with Crippen LogP contribution in [0.15, 0.2) is 106 Å². The Morgan fingerprint density at radius 1 is 0.810 bits per heavy atom. The lowest BCUT2D eigenvalue weighted by Gasteiger charge is -2.24. The summed E-state index contributed by atoms with van der Waals surface area (Å²) in [6.07, 6.45) is 1.90. The van der Waals surface area contributed by atoms with E-state index in [2.05, 4.69) is 10.0 Å². The summed E-state index contributed by atoms with van der Waals surface area (Å²) in [5.74, 6) is -0.223. The zero-order valence-corrected chi connectivity index (χ0v) is 25.9. The molecule has 0 heterocycles. The third kappa shape index (κ3) is 7.25. The van der Waals surface area contributed by atoms with E-state index >= 15 is 0 Å². The van der Waals surface area contributed by atoms with Crippen molar-refractivity contribution in [1.29, 1.82) is 0 Å². The highest BCUT2D eigenvalue weighted by atomic mass is 32.2. The minimum absolute atomic E-state index is 0.0263. The predicted molar refractivity (Wildman–Crippen MR) is 168 cm³/mol. The molecule has 42 heavy (non-hydrogen) atoms. The molecule has 4 rings (SSSR count). The summed E-state index contributed by atoms with van der Waals surface area (Å²) in [5, 5.41) is 2.67. The van der Waals surface area contributed by atoms with Gasteiger partial charge in [0.25, 0.3) is 20.0 Å². The number of hydrogen-bond donors (Lipinski definition) is 2. The summed E-state index contributed by atoms with van der Waals surface area (Å²) in [6.45, 7) is 3.22. The van der Waals surface area contributed by atoms with Gasteiger partial charge in [-0.15, -0.1) is 11.8 Å². The highest BCUT2D eigenvalue weighted by Gasteiger charge is 2.27. The fraction of sp³-hybridized carbons (Fsp3) is 0.167. The summed E-state index contributed by atoms with van der Waals surface area (Å²) < 4.78 is 62.1. The molecule has 0 unspecified atom stereocenters. The third-order valence-corrected chi connectivity index (χ3v) is 10.2. The largest absolute Gasteiger partial charge is 0.495 e. The Morgan fingerprint density at radius 3 is 2.00 bits per heavy atom. The first-order chi connectivity index (χ1) is 19.9. The first kappa shape index (κ1) is 30.9. The van der Waals surface area contributed by atoms with E-state index in [0.29, 0.717) is 22.8 Å². The molecule has 0 aliphatic heterocycles. The molecule has 9 nitrogen and oxygen atoms in total. The van der Waals surface area contributed by atoms with Crippen molar-refractivity contribution in [1.82, 2.24) is 0 Å². The van der Waals surface area contributed by atoms with Crippen LogP contribution in [0.2, 0.25) is 0 Å². The van der Waals surface area contributed by atoms with E-state index in [0.717, 1.165) is 20.3 Å². The Balaban J connectivity index is 1.53. The van der Waals surface area contributed by atoms with Crippen molar-refractivity contribution in [2.24, 2.45) is 0 Å². The first-order valence-electron chi connectivity index (χ1n) is 12.7. The normalized spacial score (nSPS) is 11.5. The first-order valence-corrected chi connectivity index (χ1v) is 16.9. The molecule has 0 spiro atoms. The van der Waals surface area contributed by atoms with Gasteiger partial charge >= 0.3 is 0 Å². The number of carbonyl (C=O) groups excluding carboxylic acids is 1. The standard InChI is InChI=1S/C30H31N3O6S3/c1-21-5-10-24(11-6-21)33(42(37,38)27-16-12-25(40-4)13-17-27)20-30(34)31-23-8-14-26(15-9-23)41(35,36)32-28-19-22(2)7-18-29(28)39-3/h5-19,32H,20H2,1-4H3,(H,31,34). The fourth-order valence-electron chi connectivity index (χ4n) is 4.05. The molecule has 220 valence electrons. The van der Waals surface area contributed by atoms with E-state index in [1.165, 1.54) is 55.3 Å². The molecule has 0 saturated heterocycles. The summed E-state index contributed by atoms with van der Waals surface area (Å²) >= 11 is 1.49. The molecule has 0 aliphatic carbocycles. The molecular formula is C30H31N3O6S3. The average molecular weight is 626 g/mol. The second-order valence-corrected chi connectivity index (χ2v) is 13.8. The highest BCUT2D eigenvalue weighted by Crippen LogP contribution is 2.29. The lowest BCUT2D eigenvalue weighted by atomic mass is 10.2. The number of nitrogens with zero attached hydrogens (tertiary/aromatic N) is 1. The van der Waals surface area contributed by atoms with Crippen LogP contribution in [-0.2, 0) is 24.8 Å². The van der Waals surface area contributed by atoms with Gasteiger partial charge in [0.1, 0.15) is 12.3 Å². The van der Waals surface area contributed by atoms with Crippen molar-refractivity contribution in [3.63, 3.8) is 0 Å². The zero-order chi connectivity index (χ0) is 30.5. The predicted octanol–water partition coefficient (Wildman–Crippen LogP) is 5.67. The Labute approximate surface area is 251 Å². The molecule has 0 aromatic heterocycles. The van der Waals surface area contributed by atoms with Crippen LogP contribution in [0.25, 0.3) is 0 Å². The molecule has 4 aromatic carbocycles. The number of hydrogen-bond acceptors (Lipinski definition) is 7. The Kier molecular flexibility index (Phi) is 9.50. The average Bonchev–Trinajstić information content (AvgIpc) is 2.96. The zero-order valence-electron chi connectivity index (χ0n) is 23.5. The van der Waals surface area contributed by atoms with E-state index in [1.54, 1.807) is 54.6 Å². The molecule has 0 fully saturated rings. The number of carbonyl (C=O) groups is 1. The van der Waals surface area contributed by atoms with Crippen LogP contribution in [0.3, 0.4) is 0 Å². The Bertz CT molecular complexity index is 1770. The van der Waals surface area contributed by atoms with Gasteiger partial charge in [-0.25, -0.2) is 16.8 Å². The van der Waals surface area contributed by atoms with E-state index in [9.17, 15) is 21.6 Å². The van der Waals surface area contributed by atoms with Gasteiger partial charge < -0.3 is 10.1 Å². The van der Waals surface area contributed by atoms with Gasteiger partial charge in [0, 0.05) is 10.6 Å². The molecule has 1 amide bonds. The molecular weight excluding hydrogens is 595 g/mol. The summed E-state index contributed by atoms with van der Waals surface area (Å²) in [6, 6.07) is 24.0. The smallest absolute Gasteiger partial charge is 0.264 e. The number of methoxy groups -OCH3 is 1. The van der Waals surface area contributed by atoms with E-state index in [4.69, 9.17) is 4.74 Å². The van der Waals surface area contributed by atoms with Crippen LogP contribution in [0.1, 0.15) is 11.1 Å². The van der Waals surface area contributed by atoms with Crippen molar-refractivity contribution >= 4 is 54.8 Å². The molecule has 0 aliphatic rings. The van der Waals surface area contributed by atoms with Gasteiger partial charge in [0.2, 0.25) is 5.91 Å². The Hall–Kier alpha value is -4.00. The summed E-state index contributed by atoms with van der Waals surface area (Å²) in [4.78, 5) is 14.0. The molecule has 0 saturated carbocycles. The number of benzene rings is 4. The minimum atomic E-state index is -4.08. The maximum atomic E-state index is 13.6. The van der Waals surface area contributed by atoms with Crippen molar-refractivity contribution < 1.29 is 26.4 Å². The molecule has 0 radical (unpaired) electrons. The van der Waals surface area contributed by atoms with Crippen LogP contribution < -0.4 is 19.1 Å². The second-order valence-electron chi connectivity index (χ2n) is 9.40. The monoisotopic (exact) mass is 625 g/mol. The van der Waals surface area contributed by atoms with Crippen LogP contribution in [0.5, 0.6) is 5.75 Å². The third-order valence-electron chi connectivity index (χ3n) is 6.30. The lowest BCUT2D eigenvalue weighted by molar-refractivity contribution is -0.114. The SMILES string of the molecule is COc1ccc(C)cc1NS(=O)(=O)c1ccc(NC(=O)CN(c2ccc(C)cc2)S(=O)(=O)c2ccc(SC)cc2)cc1. The highest BCUT2D eigenvalue weighted by molar-refractivity contribution is 7.98.